The summed E-state index contributed by atoms with van der Waals surface area (Å²) < 4.78 is 17.2. The number of likely N-dealkylation sites (N-methyl/N-ethyl adjacent to an activating group) is 1. The summed E-state index contributed by atoms with van der Waals surface area (Å²) in [6.07, 6.45) is 68.5. The van der Waals surface area contributed by atoms with Crippen molar-refractivity contribution in [2.75, 3.05) is 41.0 Å². The van der Waals surface area contributed by atoms with Gasteiger partial charge in [0, 0.05) is 19.3 Å². The van der Waals surface area contributed by atoms with E-state index < -0.39 is 18.1 Å². The zero-order valence-corrected chi connectivity index (χ0v) is 44.0. The topological polar surface area (TPSA) is 102 Å². The van der Waals surface area contributed by atoms with Crippen molar-refractivity contribution in [2.45, 2.75) is 212 Å². The van der Waals surface area contributed by atoms with E-state index in [0.717, 1.165) is 83.5 Å². The fraction of sp³-hybridized carbons (Fsp3) is 0.650. The maximum Gasteiger partial charge on any atom is 0.306 e. The number of carbonyl (C=O) groups is 3. The molecule has 0 spiro atoms. The van der Waals surface area contributed by atoms with Crippen molar-refractivity contribution in [3.8, 4) is 0 Å². The van der Waals surface area contributed by atoms with Gasteiger partial charge in [-0.15, -0.1) is 0 Å². The normalized spacial score (nSPS) is 13.7. The van der Waals surface area contributed by atoms with Gasteiger partial charge in [0.15, 0.2) is 6.10 Å². The summed E-state index contributed by atoms with van der Waals surface area (Å²) in [6, 6.07) is -0.741. The molecule has 8 heteroatoms. The smallest absolute Gasteiger partial charge is 0.306 e. The first-order chi connectivity index (χ1) is 33.1. The highest BCUT2D eigenvalue weighted by molar-refractivity contribution is 5.70. The first-order valence-corrected chi connectivity index (χ1v) is 26.9. The second-order valence-electron chi connectivity index (χ2n) is 18.7. The maximum absolute atomic E-state index is 12.8. The summed E-state index contributed by atoms with van der Waals surface area (Å²) in [5.41, 5.74) is 0. The number of aliphatic carboxylic acids is 1. The Kier molecular flexibility index (Phi) is 46.5. The highest BCUT2D eigenvalue weighted by Gasteiger charge is 2.25. The molecule has 0 N–H and O–H groups in total. The second-order valence-corrected chi connectivity index (χ2v) is 18.7. The van der Waals surface area contributed by atoms with E-state index in [1.807, 2.05) is 0 Å². The van der Waals surface area contributed by atoms with Crippen LogP contribution in [0.25, 0.3) is 0 Å². The molecular weight excluding hydrogens is 847 g/mol. The first kappa shape index (κ1) is 64.0. The number of carboxylic acids is 1. The van der Waals surface area contributed by atoms with Crippen LogP contribution in [0.2, 0.25) is 0 Å². The molecule has 0 rings (SSSR count). The lowest BCUT2D eigenvalue weighted by molar-refractivity contribution is -0.889. The average molecular weight is 946 g/mol. The third-order valence-electron chi connectivity index (χ3n) is 11.4. The Morgan fingerprint density at radius 1 is 0.441 bits per heavy atom. The lowest BCUT2D eigenvalue weighted by Crippen LogP contribution is -2.55. The van der Waals surface area contributed by atoms with Gasteiger partial charge >= 0.3 is 11.9 Å². The Morgan fingerprint density at radius 3 is 1.19 bits per heavy atom. The molecule has 0 aromatic carbocycles. The molecule has 0 saturated heterocycles. The zero-order chi connectivity index (χ0) is 49.9. The molecule has 0 aliphatic carbocycles. The molecule has 0 aliphatic heterocycles. The van der Waals surface area contributed by atoms with Gasteiger partial charge in [-0.1, -0.05) is 200 Å². The molecule has 0 bridgehead atoms. The van der Waals surface area contributed by atoms with Crippen LogP contribution in [0.5, 0.6) is 0 Å². The van der Waals surface area contributed by atoms with Gasteiger partial charge in [0.05, 0.1) is 40.3 Å². The maximum atomic E-state index is 12.8. The average Bonchev–Trinajstić information content (AvgIpc) is 3.30. The molecule has 0 aromatic rings. The minimum atomic E-state index is -1.14. The van der Waals surface area contributed by atoms with Crippen molar-refractivity contribution in [1.29, 1.82) is 0 Å². The van der Waals surface area contributed by atoms with E-state index in [2.05, 4.69) is 123 Å². The number of quaternary nitrogens is 1. The number of ether oxygens (including phenoxy) is 3. The number of esters is 2. The quantitative estimate of drug-likeness (QED) is 0.0259. The number of unbranched alkanes of at least 4 members (excludes halogenated alkanes) is 15. The van der Waals surface area contributed by atoms with Gasteiger partial charge in [-0.2, -0.15) is 0 Å². The molecule has 2 unspecified atom stereocenters. The van der Waals surface area contributed by atoms with Crippen LogP contribution in [-0.4, -0.2) is 75.5 Å². The van der Waals surface area contributed by atoms with Gasteiger partial charge in [-0.3, -0.25) is 9.59 Å². The van der Waals surface area contributed by atoms with Gasteiger partial charge in [0.25, 0.3) is 0 Å². The van der Waals surface area contributed by atoms with E-state index in [1.165, 1.54) is 77.0 Å². The minimum absolute atomic E-state index is 0.0166. The number of nitrogens with zero attached hydrogens (tertiary/aromatic N) is 1. The zero-order valence-electron chi connectivity index (χ0n) is 44.0. The Bertz CT molecular complexity index is 1470. The summed E-state index contributed by atoms with van der Waals surface area (Å²) in [7, 11) is 5.39. The highest BCUT2D eigenvalue weighted by Crippen LogP contribution is 2.15. The summed E-state index contributed by atoms with van der Waals surface area (Å²) in [5.74, 6) is -1.82. The molecule has 2 atom stereocenters. The predicted octanol–water partition coefficient (Wildman–Crippen LogP) is 14.6. The number of carbonyl (C=O) groups excluding carboxylic acids is 3. The van der Waals surface area contributed by atoms with Crippen LogP contribution < -0.4 is 5.11 Å². The lowest BCUT2D eigenvalue weighted by Gasteiger charge is -2.34. The van der Waals surface area contributed by atoms with Crippen LogP contribution in [-0.2, 0) is 28.6 Å². The van der Waals surface area contributed by atoms with Gasteiger partial charge < -0.3 is 28.6 Å². The summed E-state index contributed by atoms with van der Waals surface area (Å²) >= 11 is 0. The summed E-state index contributed by atoms with van der Waals surface area (Å²) in [6.45, 7) is 4.39. The SMILES string of the molecule is CC/C=C/C/C=C/C/C=C/C/C=C/C/C=C/C/C=C/C/C=C/CCCC(=O)OCC(COCCC(C(=O)[O-])[N+](C)(C)C)OC(=O)CCCCCCCCCCCCCCCC/C=C/C/C=C/CC. The third kappa shape index (κ3) is 47.1. The fourth-order valence-corrected chi connectivity index (χ4v) is 7.33. The monoisotopic (exact) mass is 946 g/mol. The van der Waals surface area contributed by atoms with Crippen LogP contribution in [0, 0.1) is 0 Å². The van der Waals surface area contributed by atoms with E-state index in [1.54, 1.807) is 21.1 Å². The van der Waals surface area contributed by atoms with Crippen molar-refractivity contribution in [1.82, 2.24) is 0 Å². The van der Waals surface area contributed by atoms with Gasteiger partial charge in [-0.05, 0) is 89.9 Å². The van der Waals surface area contributed by atoms with E-state index in [4.69, 9.17) is 14.2 Å². The number of rotatable bonds is 47. The lowest BCUT2D eigenvalue weighted by atomic mass is 10.0. The molecule has 386 valence electrons. The Hall–Kier alpha value is -4.01. The van der Waals surface area contributed by atoms with E-state index in [0.29, 0.717) is 12.8 Å². The van der Waals surface area contributed by atoms with Crippen LogP contribution in [0.4, 0.5) is 0 Å². The van der Waals surface area contributed by atoms with Crippen molar-refractivity contribution in [2.24, 2.45) is 0 Å². The number of allylic oxidation sites excluding steroid dienone is 18. The largest absolute Gasteiger partial charge is 0.544 e. The van der Waals surface area contributed by atoms with Crippen LogP contribution in [0.15, 0.2) is 109 Å². The molecule has 0 heterocycles. The second kappa shape index (κ2) is 49.4. The molecule has 0 aromatic heterocycles. The Balaban J connectivity index is 4.33. The Morgan fingerprint density at radius 2 is 0.794 bits per heavy atom. The molecular formula is C60H99NO7. The number of carboxylic acid groups (broad SMARTS) is 1. The molecule has 0 amide bonds. The summed E-state index contributed by atoms with van der Waals surface area (Å²) in [5, 5.41) is 11.7. The van der Waals surface area contributed by atoms with E-state index in [-0.39, 0.29) is 49.1 Å². The fourth-order valence-electron chi connectivity index (χ4n) is 7.33. The van der Waals surface area contributed by atoms with E-state index >= 15 is 0 Å². The molecule has 0 aliphatic rings. The van der Waals surface area contributed by atoms with E-state index in [9.17, 15) is 19.5 Å². The third-order valence-corrected chi connectivity index (χ3v) is 11.4. The van der Waals surface area contributed by atoms with Crippen molar-refractivity contribution < 1.29 is 38.2 Å². The van der Waals surface area contributed by atoms with Gasteiger partial charge in [-0.25, -0.2) is 0 Å². The Labute approximate surface area is 417 Å². The van der Waals surface area contributed by atoms with Crippen molar-refractivity contribution in [3.05, 3.63) is 109 Å². The molecule has 0 saturated carbocycles. The molecule has 68 heavy (non-hydrogen) atoms. The standard InChI is InChI=1S/C60H99NO7/c1-6-8-10-12-14-16-18-20-22-24-26-28-29-31-32-34-36-38-40-42-44-46-48-50-58(62)67-55-56(54-66-53-52-57(60(64)65)61(3,4)5)68-59(63)51-49-47-45-43-41-39-37-35-33-30-27-25-23-21-19-17-15-13-11-9-7-2/h8-11,14-17,20,22,26,28,31-32,36,38,42,44,56-57H,6-7,12-13,18-19,21,23-25,27,29-30,33-35,37,39-41,43,45-55H2,1-5H3/b10-8+,11-9+,16-14+,17-15+,22-20+,28-26+,32-31+,38-36+,44-42+. The minimum Gasteiger partial charge on any atom is -0.544 e. The van der Waals surface area contributed by atoms with Crippen LogP contribution in [0.1, 0.15) is 200 Å². The first-order valence-electron chi connectivity index (χ1n) is 26.9. The molecule has 0 fully saturated rings. The number of hydrogen-bond acceptors (Lipinski definition) is 7. The predicted molar refractivity (Wildman–Crippen MR) is 286 cm³/mol. The van der Waals surface area contributed by atoms with Gasteiger partial charge in [0.2, 0.25) is 0 Å². The summed E-state index contributed by atoms with van der Waals surface area (Å²) in [4.78, 5) is 37.1. The van der Waals surface area contributed by atoms with Crippen LogP contribution >= 0.6 is 0 Å². The van der Waals surface area contributed by atoms with Crippen LogP contribution in [0.3, 0.4) is 0 Å². The number of hydrogen-bond donors (Lipinski definition) is 0. The van der Waals surface area contributed by atoms with Crippen molar-refractivity contribution in [3.63, 3.8) is 0 Å². The molecule has 8 nitrogen and oxygen atoms in total. The van der Waals surface area contributed by atoms with Crippen molar-refractivity contribution >= 4 is 17.9 Å². The highest BCUT2D eigenvalue weighted by atomic mass is 16.6. The molecule has 0 radical (unpaired) electrons. The van der Waals surface area contributed by atoms with Gasteiger partial charge in [0.1, 0.15) is 12.6 Å².